The van der Waals surface area contributed by atoms with Crippen LogP contribution < -0.4 is 0 Å². The molecule has 0 spiro atoms. The second-order valence-electron chi connectivity index (χ2n) is 4.43. The molecule has 0 nitrogen and oxygen atoms in total. The van der Waals surface area contributed by atoms with Crippen molar-refractivity contribution in [3.05, 3.63) is 34.3 Å². The van der Waals surface area contributed by atoms with Crippen molar-refractivity contribution in [2.45, 2.75) is 43.4 Å². The van der Waals surface area contributed by atoms with E-state index in [1.807, 2.05) is 6.07 Å². The predicted molar refractivity (Wildman–Crippen MR) is 70.1 cm³/mol. The minimum absolute atomic E-state index is 0.602. The first kappa shape index (κ1) is 11.5. The van der Waals surface area contributed by atoms with Crippen LogP contribution in [0.3, 0.4) is 0 Å². The summed E-state index contributed by atoms with van der Waals surface area (Å²) in [5.74, 6) is 0.603. The third-order valence-electron chi connectivity index (χ3n) is 3.23. The SMILES string of the molecule is Cc1ccc(Cl)c(C2CCCCC2Br)c1. The van der Waals surface area contributed by atoms with Crippen molar-refractivity contribution in [3.8, 4) is 0 Å². The van der Waals surface area contributed by atoms with Gasteiger partial charge in [-0.05, 0) is 37.3 Å². The molecule has 0 heterocycles. The first-order valence-corrected chi connectivity index (χ1v) is 6.88. The third kappa shape index (κ3) is 2.57. The zero-order valence-electron chi connectivity index (χ0n) is 8.97. The maximum atomic E-state index is 6.27. The van der Waals surface area contributed by atoms with Crippen molar-refractivity contribution in [2.24, 2.45) is 0 Å². The quantitative estimate of drug-likeness (QED) is 0.633. The molecule has 1 aliphatic rings. The van der Waals surface area contributed by atoms with Gasteiger partial charge in [0.25, 0.3) is 0 Å². The highest BCUT2D eigenvalue weighted by atomic mass is 79.9. The molecule has 15 heavy (non-hydrogen) atoms. The molecule has 0 aliphatic heterocycles. The van der Waals surface area contributed by atoms with E-state index in [9.17, 15) is 0 Å². The predicted octanol–water partition coefficient (Wildman–Crippen LogP) is 5.07. The fraction of sp³-hybridized carbons (Fsp3) is 0.538. The van der Waals surface area contributed by atoms with E-state index in [2.05, 4.69) is 35.0 Å². The average molecular weight is 288 g/mol. The minimum Gasteiger partial charge on any atom is -0.0884 e. The number of benzene rings is 1. The average Bonchev–Trinajstić information content (AvgIpc) is 2.23. The van der Waals surface area contributed by atoms with Crippen LogP contribution in [-0.2, 0) is 0 Å². The van der Waals surface area contributed by atoms with Crippen molar-refractivity contribution >= 4 is 27.5 Å². The van der Waals surface area contributed by atoms with Crippen LogP contribution in [-0.4, -0.2) is 4.83 Å². The highest BCUT2D eigenvalue weighted by Crippen LogP contribution is 2.40. The standard InChI is InChI=1S/C13H16BrCl/c1-9-6-7-13(15)11(8-9)10-4-2-3-5-12(10)14/h6-8,10,12H,2-5H2,1H3. The van der Waals surface area contributed by atoms with Gasteiger partial charge < -0.3 is 0 Å². The van der Waals surface area contributed by atoms with E-state index in [-0.39, 0.29) is 0 Å². The molecule has 0 bridgehead atoms. The van der Waals surface area contributed by atoms with E-state index in [0.717, 1.165) is 5.02 Å². The molecule has 82 valence electrons. The molecule has 2 heteroatoms. The number of halogens is 2. The van der Waals surface area contributed by atoms with E-state index in [4.69, 9.17) is 11.6 Å². The van der Waals surface area contributed by atoms with Crippen molar-refractivity contribution in [1.29, 1.82) is 0 Å². The van der Waals surface area contributed by atoms with E-state index in [1.165, 1.54) is 36.8 Å². The maximum absolute atomic E-state index is 6.27. The normalized spacial score (nSPS) is 26.6. The molecule has 0 radical (unpaired) electrons. The Morgan fingerprint density at radius 2 is 2.00 bits per heavy atom. The summed E-state index contributed by atoms with van der Waals surface area (Å²) >= 11 is 10.1. The van der Waals surface area contributed by atoms with Crippen molar-refractivity contribution in [1.82, 2.24) is 0 Å². The van der Waals surface area contributed by atoms with Crippen molar-refractivity contribution < 1.29 is 0 Å². The fourth-order valence-electron chi connectivity index (χ4n) is 2.38. The summed E-state index contributed by atoms with van der Waals surface area (Å²) in [4.78, 5) is 0.602. The van der Waals surface area contributed by atoms with Gasteiger partial charge in [-0.2, -0.15) is 0 Å². The van der Waals surface area contributed by atoms with Crippen LogP contribution in [0, 0.1) is 6.92 Å². The Hall–Kier alpha value is -0.0100. The van der Waals surface area contributed by atoms with Crippen molar-refractivity contribution in [3.63, 3.8) is 0 Å². The first-order chi connectivity index (χ1) is 7.18. The second-order valence-corrected chi connectivity index (χ2v) is 6.02. The molecule has 1 fully saturated rings. The number of hydrogen-bond acceptors (Lipinski definition) is 0. The molecule has 1 saturated carbocycles. The number of hydrogen-bond donors (Lipinski definition) is 0. The lowest BCUT2D eigenvalue weighted by Crippen LogP contribution is -2.17. The second kappa shape index (κ2) is 4.88. The van der Waals surface area contributed by atoms with Crippen LogP contribution in [0.4, 0.5) is 0 Å². The fourth-order valence-corrected chi connectivity index (χ4v) is 3.51. The molecule has 1 aromatic carbocycles. The summed E-state index contributed by atoms with van der Waals surface area (Å²) in [7, 11) is 0. The Bertz CT molecular complexity index is 348. The Balaban J connectivity index is 2.30. The van der Waals surface area contributed by atoms with Gasteiger partial charge >= 0.3 is 0 Å². The van der Waals surface area contributed by atoms with Gasteiger partial charge in [-0.15, -0.1) is 0 Å². The largest absolute Gasteiger partial charge is 0.0884 e. The Kier molecular flexibility index (Phi) is 3.73. The van der Waals surface area contributed by atoms with Gasteiger partial charge in [-0.1, -0.05) is 58.1 Å². The van der Waals surface area contributed by atoms with E-state index in [0.29, 0.717) is 10.7 Å². The maximum Gasteiger partial charge on any atom is 0.0441 e. The summed E-state index contributed by atoms with van der Waals surface area (Å²) in [5, 5.41) is 0.928. The lowest BCUT2D eigenvalue weighted by Gasteiger charge is -2.28. The molecular weight excluding hydrogens is 272 g/mol. The van der Waals surface area contributed by atoms with Crippen LogP contribution in [0.5, 0.6) is 0 Å². The van der Waals surface area contributed by atoms with Crippen LogP contribution >= 0.6 is 27.5 Å². The number of aryl methyl sites for hydroxylation is 1. The molecular formula is C13H16BrCl. The molecule has 1 aliphatic carbocycles. The smallest absolute Gasteiger partial charge is 0.0441 e. The highest BCUT2D eigenvalue weighted by molar-refractivity contribution is 9.09. The molecule has 0 aromatic heterocycles. The van der Waals surface area contributed by atoms with Gasteiger partial charge in [0.1, 0.15) is 0 Å². The van der Waals surface area contributed by atoms with Crippen LogP contribution in [0.15, 0.2) is 18.2 Å². The topological polar surface area (TPSA) is 0 Å². The lowest BCUT2D eigenvalue weighted by atomic mass is 9.83. The van der Waals surface area contributed by atoms with E-state index >= 15 is 0 Å². The van der Waals surface area contributed by atoms with Gasteiger partial charge in [0.2, 0.25) is 0 Å². The zero-order chi connectivity index (χ0) is 10.8. The van der Waals surface area contributed by atoms with Gasteiger partial charge in [0.05, 0.1) is 0 Å². The molecule has 2 rings (SSSR count). The molecule has 0 saturated heterocycles. The van der Waals surface area contributed by atoms with Crippen LogP contribution in [0.2, 0.25) is 5.02 Å². The van der Waals surface area contributed by atoms with E-state index in [1.54, 1.807) is 0 Å². The minimum atomic E-state index is 0.602. The monoisotopic (exact) mass is 286 g/mol. The Morgan fingerprint density at radius 3 is 2.73 bits per heavy atom. The summed E-state index contributed by atoms with van der Waals surface area (Å²) in [6.45, 7) is 2.13. The summed E-state index contributed by atoms with van der Waals surface area (Å²) in [6.07, 6.45) is 5.21. The summed E-state index contributed by atoms with van der Waals surface area (Å²) < 4.78 is 0. The first-order valence-electron chi connectivity index (χ1n) is 5.58. The number of alkyl halides is 1. The molecule has 2 atom stereocenters. The van der Waals surface area contributed by atoms with Crippen LogP contribution in [0.25, 0.3) is 0 Å². The molecule has 0 N–H and O–H groups in total. The summed E-state index contributed by atoms with van der Waals surface area (Å²) in [6, 6.07) is 6.35. The van der Waals surface area contributed by atoms with Gasteiger partial charge in [0, 0.05) is 9.85 Å². The Morgan fingerprint density at radius 1 is 1.27 bits per heavy atom. The summed E-state index contributed by atoms with van der Waals surface area (Å²) in [5.41, 5.74) is 2.64. The van der Waals surface area contributed by atoms with Gasteiger partial charge in [-0.3, -0.25) is 0 Å². The molecule has 2 unspecified atom stereocenters. The van der Waals surface area contributed by atoms with Gasteiger partial charge in [-0.25, -0.2) is 0 Å². The lowest BCUT2D eigenvalue weighted by molar-refractivity contribution is 0.461. The Labute approximate surface area is 105 Å². The number of rotatable bonds is 1. The highest BCUT2D eigenvalue weighted by Gasteiger charge is 2.25. The van der Waals surface area contributed by atoms with Crippen molar-refractivity contribution in [2.75, 3.05) is 0 Å². The van der Waals surface area contributed by atoms with Crippen LogP contribution in [0.1, 0.15) is 42.7 Å². The molecule has 1 aromatic rings. The van der Waals surface area contributed by atoms with E-state index < -0.39 is 0 Å². The zero-order valence-corrected chi connectivity index (χ0v) is 11.3. The molecule has 0 amide bonds. The third-order valence-corrected chi connectivity index (χ3v) is 4.67. The van der Waals surface area contributed by atoms with Gasteiger partial charge in [0.15, 0.2) is 0 Å².